The molecule has 3 nitrogen and oxygen atoms in total. The Kier molecular flexibility index (Phi) is 16.0. The maximum absolute atomic E-state index is 15.1. The van der Waals surface area contributed by atoms with E-state index < -0.39 is 84.1 Å². The minimum atomic E-state index is -3.81. The minimum Gasteiger partial charge on any atom is -0.490 e. The quantitative estimate of drug-likeness (QED) is 0.0767. The molecular weight excluding hydrogens is 692 g/mol. The second kappa shape index (κ2) is 19.9. The van der Waals surface area contributed by atoms with Crippen molar-refractivity contribution in [2.45, 2.75) is 128 Å². The highest BCUT2D eigenvalue weighted by atomic mass is 19.3. The molecule has 2 aromatic rings. The van der Waals surface area contributed by atoms with Crippen molar-refractivity contribution in [1.82, 2.24) is 0 Å². The van der Waals surface area contributed by atoms with Crippen LogP contribution in [0.5, 0.6) is 17.2 Å². The van der Waals surface area contributed by atoms with E-state index in [1.807, 2.05) is 6.92 Å². The number of halogens is 8. The Bertz CT molecular complexity index is 1420. The van der Waals surface area contributed by atoms with Gasteiger partial charge in [-0.3, -0.25) is 0 Å². The van der Waals surface area contributed by atoms with Gasteiger partial charge in [0.1, 0.15) is 0 Å². The summed E-state index contributed by atoms with van der Waals surface area (Å²) in [6.45, 7) is 2.21. The summed E-state index contributed by atoms with van der Waals surface area (Å²) in [6, 6.07) is 3.77. The number of benzene rings is 2. The zero-order valence-electron chi connectivity index (χ0n) is 30.5. The molecule has 0 aliphatic heterocycles. The Labute approximate surface area is 303 Å². The lowest BCUT2D eigenvalue weighted by Crippen LogP contribution is -2.33. The first-order chi connectivity index (χ1) is 24.8. The van der Waals surface area contributed by atoms with Crippen LogP contribution in [-0.2, 0) is 6.42 Å². The van der Waals surface area contributed by atoms with Crippen LogP contribution in [0.25, 0.3) is 0 Å². The van der Waals surface area contributed by atoms with E-state index in [-0.39, 0.29) is 18.3 Å². The molecule has 292 valence electrons. The van der Waals surface area contributed by atoms with Crippen LogP contribution in [0.15, 0.2) is 36.4 Å². The topological polar surface area (TPSA) is 27.7 Å². The fraction of sp³-hybridized carbons (Fsp3) is 0.659. The molecule has 0 aromatic heterocycles. The third-order valence-electron chi connectivity index (χ3n) is 10.6. The molecule has 0 N–H and O–H groups in total. The van der Waals surface area contributed by atoms with Crippen LogP contribution in [0.2, 0.25) is 0 Å². The number of alkyl halides is 4. The van der Waals surface area contributed by atoms with Crippen LogP contribution < -0.4 is 14.2 Å². The molecular formula is C41H54F8O3. The molecule has 4 rings (SSSR count). The van der Waals surface area contributed by atoms with Crippen LogP contribution >= 0.6 is 0 Å². The summed E-state index contributed by atoms with van der Waals surface area (Å²) in [6.07, 6.45) is 16.1. The lowest BCUT2D eigenvalue weighted by molar-refractivity contribution is -0.0866. The monoisotopic (exact) mass is 746 g/mol. The maximum Gasteiger partial charge on any atom is 0.285 e. The van der Waals surface area contributed by atoms with Gasteiger partial charge in [0, 0.05) is 18.8 Å². The van der Waals surface area contributed by atoms with E-state index in [4.69, 9.17) is 14.2 Å². The van der Waals surface area contributed by atoms with E-state index in [9.17, 15) is 26.3 Å². The first-order valence-electron chi connectivity index (χ1n) is 19.1. The van der Waals surface area contributed by atoms with E-state index in [1.165, 1.54) is 51.4 Å². The number of ether oxygens (including phenoxy) is 3. The van der Waals surface area contributed by atoms with E-state index in [2.05, 4.69) is 19.1 Å². The molecule has 0 spiro atoms. The molecule has 2 aromatic carbocycles. The van der Waals surface area contributed by atoms with Crippen LogP contribution in [0.4, 0.5) is 35.1 Å². The van der Waals surface area contributed by atoms with E-state index in [1.54, 1.807) is 0 Å². The average Bonchev–Trinajstić information content (AvgIpc) is 3.12. The number of allylic oxidation sites excluding steroid dienone is 2. The maximum atomic E-state index is 15.1. The highest BCUT2D eigenvalue weighted by Gasteiger charge is 2.41. The van der Waals surface area contributed by atoms with Gasteiger partial charge in [0.2, 0.25) is 17.5 Å². The summed E-state index contributed by atoms with van der Waals surface area (Å²) in [7, 11) is 0. The Balaban J connectivity index is 1.20. The highest BCUT2D eigenvalue weighted by Crippen LogP contribution is 2.42. The van der Waals surface area contributed by atoms with Crippen LogP contribution in [0.3, 0.4) is 0 Å². The minimum absolute atomic E-state index is 0.141. The predicted octanol–water partition coefficient (Wildman–Crippen LogP) is 12.8. The summed E-state index contributed by atoms with van der Waals surface area (Å²) in [5, 5.41) is 0. The SMILES string of the molecule is CCCCCC1CCC(C=CC2CCC(C(F)(F)CCOc3ccc(CC(F)(F)COc4ccc(OCCCC)c(F)c4F)c(F)c3F)CC2)CC1. The molecule has 2 aliphatic rings. The van der Waals surface area contributed by atoms with Gasteiger partial charge in [-0.05, 0) is 99.3 Å². The van der Waals surface area contributed by atoms with Crippen molar-refractivity contribution in [1.29, 1.82) is 0 Å². The number of hydrogen-bond donors (Lipinski definition) is 0. The Hall–Kier alpha value is -2.98. The first-order valence-corrected chi connectivity index (χ1v) is 19.1. The van der Waals surface area contributed by atoms with Crippen molar-refractivity contribution in [3.8, 4) is 17.2 Å². The summed E-state index contributed by atoms with van der Waals surface area (Å²) >= 11 is 0. The zero-order valence-corrected chi connectivity index (χ0v) is 30.5. The second-order valence-electron chi connectivity index (χ2n) is 14.7. The third kappa shape index (κ3) is 12.3. The molecule has 0 saturated heterocycles. The molecule has 2 fully saturated rings. The van der Waals surface area contributed by atoms with E-state index in [0.29, 0.717) is 38.0 Å². The first kappa shape index (κ1) is 41.8. The van der Waals surface area contributed by atoms with Crippen molar-refractivity contribution in [2.24, 2.45) is 23.7 Å². The molecule has 0 atom stereocenters. The summed E-state index contributed by atoms with van der Waals surface area (Å²) in [5.74, 6) is -14.0. The fourth-order valence-electron chi connectivity index (χ4n) is 7.30. The number of unbranched alkanes of at least 4 members (excludes halogenated alkanes) is 3. The molecule has 2 aliphatic carbocycles. The lowest BCUT2D eigenvalue weighted by Gasteiger charge is -2.33. The van der Waals surface area contributed by atoms with Crippen LogP contribution in [-0.4, -0.2) is 31.7 Å². The van der Waals surface area contributed by atoms with E-state index >= 15 is 8.78 Å². The number of hydrogen-bond acceptors (Lipinski definition) is 3. The largest absolute Gasteiger partial charge is 0.490 e. The molecule has 0 unspecified atom stereocenters. The molecule has 0 heterocycles. The van der Waals surface area contributed by atoms with Gasteiger partial charge >= 0.3 is 0 Å². The standard InChI is InChI=1S/C41H54F8O3/c1-3-5-7-8-28-9-11-29(12-10-28)13-14-30-15-18-32(19-16-30)41(48,49)23-25-51-33-20-17-31(36(42)37(33)43)26-40(46,47)27-52-35-22-21-34(38(44)39(35)45)50-24-6-4-2/h13-14,17,20-22,28-30,32H,3-12,15-16,18-19,23-27H2,1-2H3. The zero-order chi connectivity index (χ0) is 37.7. The van der Waals surface area contributed by atoms with Gasteiger partial charge in [-0.15, -0.1) is 0 Å². The normalized spacial score (nSPS) is 21.4. The Morgan fingerprint density at radius 2 is 1.13 bits per heavy atom. The number of rotatable bonds is 20. The Morgan fingerprint density at radius 3 is 1.73 bits per heavy atom. The summed E-state index contributed by atoms with van der Waals surface area (Å²) in [4.78, 5) is 0. The Morgan fingerprint density at radius 1 is 0.615 bits per heavy atom. The smallest absolute Gasteiger partial charge is 0.285 e. The molecule has 0 bridgehead atoms. The van der Waals surface area contributed by atoms with E-state index in [0.717, 1.165) is 36.6 Å². The van der Waals surface area contributed by atoms with Gasteiger partial charge in [-0.1, -0.05) is 64.2 Å². The molecule has 0 amide bonds. The lowest BCUT2D eigenvalue weighted by atomic mass is 9.76. The molecule has 11 heteroatoms. The van der Waals surface area contributed by atoms with Crippen LogP contribution in [0.1, 0.15) is 116 Å². The highest BCUT2D eigenvalue weighted by molar-refractivity contribution is 5.35. The van der Waals surface area contributed by atoms with Crippen molar-refractivity contribution >= 4 is 0 Å². The van der Waals surface area contributed by atoms with Crippen molar-refractivity contribution in [3.05, 3.63) is 65.2 Å². The van der Waals surface area contributed by atoms with Crippen LogP contribution in [0, 0.1) is 46.9 Å². The molecule has 2 saturated carbocycles. The third-order valence-corrected chi connectivity index (χ3v) is 10.6. The average molecular weight is 747 g/mol. The van der Waals surface area contributed by atoms with Crippen molar-refractivity contribution in [2.75, 3.05) is 19.8 Å². The molecule has 52 heavy (non-hydrogen) atoms. The van der Waals surface area contributed by atoms with Gasteiger partial charge in [0.15, 0.2) is 29.7 Å². The summed E-state index contributed by atoms with van der Waals surface area (Å²) < 4.78 is 133. The van der Waals surface area contributed by atoms with Crippen molar-refractivity contribution in [3.63, 3.8) is 0 Å². The van der Waals surface area contributed by atoms with Gasteiger partial charge < -0.3 is 14.2 Å². The second-order valence-corrected chi connectivity index (χ2v) is 14.7. The van der Waals surface area contributed by atoms with Gasteiger partial charge in [-0.2, -0.15) is 13.2 Å². The summed E-state index contributed by atoms with van der Waals surface area (Å²) in [5.41, 5.74) is -0.726. The van der Waals surface area contributed by atoms with Gasteiger partial charge in [0.25, 0.3) is 11.8 Å². The van der Waals surface area contributed by atoms with Gasteiger partial charge in [0.05, 0.1) is 13.2 Å². The fourth-order valence-corrected chi connectivity index (χ4v) is 7.30. The van der Waals surface area contributed by atoms with Gasteiger partial charge in [-0.25, -0.2) is 22.0 Å². The molecule has 0 radical (unpaired) electrons. The van der Waals surface area contributed by atoms with Crippen molar-refractivity contribution < 1.29 is 49.3 Å². The predicted molar refractivity (Wildman–Crippen MR) is 187 cm³/mol.